The van der Waals surface area contributed by atoms with Gasteiger partial charge < -0.3 is 10.5 Å². The third kappa shape index (κ3) is 3.91. The summed E-state index contributed by atoms with van der Waals surface area (Å²) in [4.78, 5) is 12.1. The van der Waals surface area contributed by atoms with Crippen LogP contribution in [-0.4, -0.2) is 29.6 Å². The van der Waals surface area contributed by atoms with Crippen LogP contribution in [0.5, 0.6) is 0 Å². The largest absolute Gasteiger partial charge is 0.465 e. The van der Waals surface area contributed by atoms with Crippen LogP contribution in [0.15, 0.2) is 0 Å². The van der Waals surface area contributed by atoms with Gasteiger partial charge >= 0.3 is 5.97 Å². The molecule has 0 aromatic rings. The lowest BCUT2D eigenvalue weighted by molar-refractivity contribution is -0.151. The van der Waals surface area contributed by atoms with Crippen LogP contribution in [-0.2, 0) is 9.53 Å². The SMILES string of the molecule is CCOC(=O)C1(N)CCCC1CCSCC1CCCC1. The van der Waals surface area contributed by atoms with Gasteiger partial charge in [-0.2, -0.15) is 11.8 Å². The van der Waals surface area contributed by atoms with Crippen molar-refractivity contribution in [3.05, 3.63) is 0 Å². The van der Waals surface area contributed by atoms with Gasteiger partial charge in [0.25, 0.3) is 0 Å². The van der Waals surface area contributed by atoms with Crippen molar-refractivity contribution in [2.24, 2.45) is 17.6 Å². The Bertz CT molecular complexity index is 318. The summed E-state index contributed by atoms with van der Waals surface area (Å²) in [7, 11) is 0. The summed E-state index contributed by atoms with van der Waals surface area (Å²) in [5.74, 6) is 3.51. The average Bonchev–Trinajstić information content (AvgIpc) is 3.06. The summed E-state index contributed by atoms with van der Waals surface area (Å²) >= 11 is 2.06. The number of ether oxygens (including phenoxy) is 1. The van der Waals surface area contributed by atoms with Crippen LogP contribution in [0.4, 0.5) is 0 Å². The maximum absolute atomic E-state index is 12.1. The molecule has 0 aromatic carbocycles. The molecular formula is C16H29NO2S. The first-order chi connectivity index (χ1) is 9.66. The van der Waals surface area contributed by atoms with Crippen LogP contribution in [0.1, 0.15) is 58.3 Å². The lowest BCUT2D eigenvalue weighted by Gasteiger charge is -2.29. The topological polar surface area (TPSA) is 52.3 Å². The van der Waals surface area contributed by atoms with Crippen LogP contribution in [0.3, 0.4) is 0 Å². The Kier molecular flexibility index (Phi) is 6.21. The van der Waals surface area contributed by atoms with E-state index < -0.39 is 5.54 Å². The quantitative estimate of drug-likeness (QED) is 0.578. The molecule has 4 heteroatoms. The molecule has 2 unspecified atom stereocenters. The van der Waals surface area contributed by atoms with E-state index in [1.807, 2.05) is 6.92 Å². The first-order valence-electron chi connectivity index (χ1n) is 8.20. The minimum absolute atomic E-state index is 0.178. The maximum Gasteiger partial charge on any atom is 0.326 e. The normalized spacial score (nSPS) is 30.8. The fourth-order valence-corrected chi connectivity index (χ4v) is 4.98. The Morgan fingerprint density at radius 1 is 1.30 bits per heavy atom. The van der Waals surface area contributed by atoms with Gasteiger partial charge in [0, 0.05) is 0 Å². The average molecular weight is 299 g/mol. The molecule has 2 rings (SSSR count). The molecule has 2 saturated carbocycles. The molecule has 20 heavy (non-hydrogen) atoms. The Balaban J connectivity index is 1.71. The van der Waals surface area contributed by atoms with E-state index in [1.165, 1.54) is 31.4 Å². The lowest BCUT2D eigenvalue weighted by Crippen LogP contribution is -2.52. The molecule has 0 amide bonds. The molecule has 2 aliphatic rings. The van der Waals surface area contributed by atoms with Crippen LogP contribution < -0.4 is 5.73 Å². The Morgan fingerprint density at radius 3 is 2.75 bits per heavy atom. The predicted molar refractivity (Wildman–Crippen MR) is 84.8 cm³/mol. The van der Waals surface area contributed by atoms with Crippen molar-refractivity contribution in [3.63, 3.8) is 0 Å². The van der Waals surface area contributed by atoms with Gasteiger partial charge in [-0.3, -0.25) is 4.79 Å². The first-order valence-corrected chi connectivity index (χ1v) is 9.36. The molecule has 2 N–H and O–H groups in total. The highest BCUT2D eigenvalue weighted by molar-refractivity contribution is 7.99. The van der Waals surface area contributed by atoms with Crippen molar-refractivity contribution in [3.8, 4) is 0 Å². The van der Waals surface area contributed by atoms with Crippen LogP contribution in [0.2, 0.25) is 0 Å². The zero-order valence-electron chi connectivity index (χ0n) is 12.7. The molecule has 116 valence electrons. The number of rotatable bonds is 7. The molecule has 0 spiro atoms. The van der Waals surface area contributed by atoms with Gasteiger partial charge in [0.1, 0.15) is 5.54 Å². The number of esters is 1. The summed E-state index contributed by atoms with van der Waals surface area (Å²) in [6, 6.07) is 0. The van der Waals surface area contributed by atoms with Gasteiger partial charge in [-0.05, 0) is 62.4 Å². The summed E-state index contributed by atoms with van der Waals surface area (Å²) in [6.07, 6.45) is 9.68. The van der Waals surface area contributed by atoms with E-state index in [9.17, 15) is 4.79 Å². The predicted octanol–water partition coefficient (Wildman–Crippen LogP) is 3.36. The maximum atomic E-state index is 12.1. The monoisotopic (exact) mass is 299 g/mol. The Morgan fingerprint density at radius 2 is 2.05 bits per heavy atom. The van der Waals surface area contributed by atoms with Crippen molar-refractivity contribution in [1.29, 1.82) is 0 Å². The number of carbonyl (C=O) groups is 1. The van der Waals surface area contributed by atoms with Gasteiger partial charge in [-0.15, -0.1) is 0 Å². The number of carbonyl (C=O) groups excluding carboxylic acids is 1. The lowest BCUT2D eigenvalue weighted by atomic mass is 9.86. The number of hydrogen-bond acceptors (Lipinski definition) is 4. The van der Waals surface area contributed by atoms with E-state index in [4.69, 9.17) is 10.5 Å². The van der Waals surface area contributed by atoms with E-state index >= 15 is 0 Å². The van der Waals surface area contributed by atoms with Crippen molar-refractivity contribution in [2.45, 2.75) is 63.8 Å². The molecule has 0 heterocycles. The number of nitrogens with two attached hydrogens (primary N) is 1. The minimum atomic E-state index is -0.704. The molecule has 2 atom stereocenters. The van der Waals surface area contributed by atoms with Gasteiger partial charge in [-0.1, -0.05) is 19.3 Å². The molecule has 0 bridgehead atoms. The van der Waals surface area contributed by atoms with E-state index in [0.717, 1.165) is 37.4 Å². The third-order valence-corrected chi connectivity index (χ3v) is 6.20. The van der Waals surface area contributed by atoms with Crippen molar-refractivity contribution >= 4 is 17.7 Å². The summed E-state index contributed by atoms with van der Waals surface area (Å²) < 4.78 is 5.18. The van der Waals surface area contributed by atoms with E-state index in [0.29, 0.717) is 12.5 Å². The highest BCUT2D eigenvalue weighted by Crippen LogP contribution is 2.38. The van der Waals surface area contributed by atoms with Gasteiger partial charge in [-0.25, -0.2) is 0 Å². The molecule has 3 nitrogen and oxygen atoms in total. The Labute approximate surface area is 127 Å². The van der Waals surface area contributed by atoms with E-state index in [-0.39, 0.29) is 5.97 Å². The van der Waals surface area contributed by atoms with Crippen LogP contribution >= 0.6 is 11.8 Å². The Hall–Kier alpha value is -0.220. The van der Waals surface area contributed by atoms with Crippen molar-refractivity contribution in [2.75, 3.05) is 18.1 Å². The second kappa shape index (κ2) is 7.69. The fraction of sp³-hybridized carbons (Fsp3) is 0.938. The summed E-state index contributed by atoms with van der Waals surface area (Å²) in [5.41, 5.74) is 5.65. The molecule has 0 aliphatic heterocycles. The molecule has 2 fully saturated rings. The third-order valence-electron chi connectivity index (χ3n) is 4.97. The molecule has 2 aliphatic carbocycles. The van der Waals surface area contributed by atoms with Crippen LogP contribution in [0, 0.1) is 11.8 Å². The van der Waals surface area contributed by atoms with Gasteiger partial charge in [0.15, 0.2) is 0 Å². The molecule has 0 radical (unpaired) electrons. The van der Waals surface area contributed by atoms with Gasteiger partial charge in [0.05, 0.1) is 6.61 Å². The first kappa shape index (κ1) is 16.2. The summed E-state index contributed by atoms with van der Waals surface area (Å²) in [5, 5.41) is 0. The van der Waals surface area contributed by atoms with Crippen LogP contribution in [0.25, 0.3) is 0 Å². The zero-order valence-corrected chi connectivity index (χ0v) is 13.6. The van der Waals surface area contributed by atoms with E-state index in [2.05, 4.69) is 11.8 Å². The number of thioether (sulfide) groups is 1. The standard InChI is InChI=1S/C16H29NO2S/c1-2-19-15(18)16(17)10-5-8-14(16)9-11-20-12-13-6-3-4-7-13/h13-14H,2-12,17H2,1H3. The molecule has 0 saturated heterocycles. The number of hydrogen-bond donors (Lipinski definition) is 1. The zero-order chi connectivity index (χ0) is 14.4. The molecule has 0 aromatic heterocycles. The smallest absolute Gasteiger partial charge is 0.326 e. The van der Waals surface area contributed by atoms with E-state index in [1.54, 1.807) is 0 Å². The minimum Gasteiger partial charge on any atom is -0.465 e. The van der Waals surface area contributed by atoms with Gasteiger partial charge in [0.2, 0.25) is 0 Å². The summed E-state index contributed by atoms with van der Waals surface area (Å²) in [6.45, 7) is 2.28. The second-order valence-electron chi connectivity index (χ2n) is 6.36. The van der Waals surface area contributed by atoms with Crippen molar-refractivity contribution in [1.82, 2.24) is 0 Å². The van der Waals surface area contributed by atoms with Crippen molar-refractivity contribution < 1.29 is 9.53 Å². The highest BCUT2D eigenvalue weighted by Gasteiger charge is 2.46. The fourth-order valence-electron chi connectivity index (χ4n) is 3.69. The second-order valence-corrected chi connectivity index (χ2v) is 7.51. The molecular weight excluding hydrogens is 270 g/mol. The highest BCUT2D eigenvalue weighted by atomic mass is 32.2.